The van der Waals surface area contributed by atoms with E-state index in [1.807, 2.05) is 0 Å². The minimum absolute atomic E-state index is 0.0682. The van der Waals surface area contributed by atoms with Crippen LogP contribution in [0.5, 0.6) is 0 Å². The molecule has 0 heterocycles. The summed E-state index contributed by atoms with van der Waals surface area (Å²) in [6.45, 7) is 4.47. The smallest absolute Gasteiger partial charge is 0.283 e. The van der Waals surface area contributed by atoms with Gasteiger partial charge in [0.05, 0.1) is 0 Å². The number of unbranched alkanes of at least 4 members (excludes halogenated alkanes) is 23. The Morgan fingerprint density at radius 1 is 0.457 bits per heavy atom. The fourth-order valence-electron chi connectivity index (χ4n) is 5.02. The van der Waals surface area contributed by atoms with Crippen molar-refractivity contribution in [3.63, 3.8) is 0 Å². The van der Waals surface area contributed by atoms with Crippen LogP contribution in [-0.4, -0.2) is 18.0 Å². The normalized spacial score (nSPS) is 13.8. The topological polar surface area (TPSA) is 54.4 Å². The van der Waals surface area contributed by atoms with Gasteiger partial charge in [-0.3, -0.25) is 4.55 Å². The molecule has 0 radical (unpaired) electrons. The Morgan fingerprint density at radius 3 is 0.857 bits per heavy atom. The van der Waals surface area contributed by atoms with Crippen LogP contribution in [0.15, 0.2) is 0 Å². The van der Waals surface area contributed by atoms with Gasteiger partial charge in [0.1, 0.15) is 0 Å². The molecule has 0 aliphatic heterocycles. The van der Waals surface area contributed by atoms with Crippen molar-refractivity contribution in [1.29, 1.82) is 0 Å². The van der Waals surface area contributed by atoms with Crippen molar-refractivity contribution >= 4 is 10.1 Å². The first-order valence-corrected chi connectivity index (χ1v) is 17.0. The number of alkyl halides is 1. The summed E-state index contributed by atoms with van der Waals surface area (Å²) in [5, 5.41) is -2.45. The van der Waals surface area contributed by atoms with Crippen LogP contribution >= 0.6 is 0 Å². The van der Waals surface area contributed by atoms with Crippen molar-refractivity contribution in [3.8, 4) is 0 Å². The van der Waals surface area contributed by atoms with Crippen molar-refractivity contribution in [2.24, 2.45) is 0 Å². The maximum Gasteiger partial charge on any atom is 0.300 e. The van der Waals surface area contributed by atoms with E-state index in [0.29, 0.717) is 12.8 Å². The van der Waals surface area contributed by atoms with Gasteiger partial charge in [0.25, 0.3) is 10.1 Å². The van der Waals surface area contributed by atoms with E-state index in [9.17, 15) is 13.0 Å². The van der Waals surface area contributed by atoms with E-state index in [1.54, 1.807) is 0 Å². The molecule has 5 heteroatoms. The van der Waals surface area contributed by atoms with E-state index in [2.05, 4.69) is 13.8 Å². The van der Waals surface area contributed by atoms with E-state index in [4.69, 9.17) is 0 Å². The number of hydrogen-bond donors (Lipinski definition) is 1. The third-order valence-electron chi connectivity index (χ3n) is 7.52. The zero-order chi connectivity index (χ0) is 26.1. The van der Waals surface area contributed by atoms with E-state index >= 15 is 4.39 Å². The lowest BCUT2D eigenvalue weighted by molar-refractivity contribution is 0.203. The molecule has 0 spiro atoms. The summed E-state index contributed by atoms with van der Waals surface area (Å²) in [5.74, 6) is 0. The van der Waals surface area contributed by atoms with Crippen molar-refractivity contribution in [2.45, 2.75) is 192 Å². The fraction of sp³-hybridized carbons (Fsp3) is 1.00. The predicted octanol–water partition coefficient (Wildman–Crippen LogP) is 11.1. The Kier molecular flexibility index (Phi) is 24.1. The second kappa shape index (κ2) is 24.2. The Morgan fingerprint density at radius 2 is 0.657 bits per heavy atom. The Bertz CT molecular complexity index is 538. The highest BCUT2D eigenvalue weighted by molar-refractivity contribution is 7.87. The first-order chi connectivity index (χ1) is 16.9. The third kappa shape index (κ3) is 21.6. The monoisotopic (exact) mass is 520 g/mol. The van der Waals surface area contributed by atoms with Gasteiger partial charge in [-0.1, -0.05) is 162 Å². The molecule has 1 atom stereocenters. The summed E-state index contributed by atoms with van der Waals surface area (Å²) in [6.07, 6.45) is 29.4. The summed E-state index contributed by atoms with van der Waals surface area (Å²) in [4.78, 5) is 0. The average Bonchev–Trinajstić information content (AvgIpc) is 2.82. The second-order valence-electron chi connectivity index (χ2n) is 11.0. The summed E-state index contributed by atoms with van der Waals surface area (Å²) in [6, 6.07) is 0. The van der Waals surface area contributed by atoms with Gasteiger partial charge in [-0.25, -0.2) is 4.39 Å². The third-order valence-corrected chi connectivity index (χ3v) is 8.85. The van der Waals surface area contributed by atoms with Gasteiger partial charge in [-0.05, 0) is 25.7 Å². The molecule has 35 heavy (non-hydrogen) atoms. The zero-order valence-corrected chi connectivity index (χ0v) is 24.5. The molecule has 0 aromatic carbocycles. The largest absolute Gasteiger partial charge is 0.300 e. The maximum absolute atomic E-state index is 15.1. The summed E-state index contributed by atoms with van der Waals surface area (Å²) < 4.78 is 47.9. The molecule has 0 rings (SSSR count). The highest BCUT2D eigenvalue weighted by atomic mass is 32.2. The van der Waals surface area contributed by atoms with Crippen LogP contribution in [0.3, 0.4) is 0 Å². The molecule has 0 saturated carbocycles. The Balaban J connectivity index is 3.69. The SMILES string of the molecule is CCCCCCCCCCCCCCCCCCC(F)(CCCCCCCCCCC)S(=O)(=O)O. The molecular formula is C30H61FO3S. The van der Waals surface area contributed by atoms with Gasteiger partial charge in [0, 0.05) is 0 Å². The van der Waals surface area contributed by atoms with Gasteiger partial charge in [-0.15, -0.1) is 0 Å². The van der Waals surface area contributed by atoms with Crippen LogP contribution in [0.1, 0.15) is 187 Å². The van der Waals surface area contributed by atoms with Gasteiger partial charge in [0.15, 0.2) is 0 Å². The molecule has 1 unspecified atom stereocenters. The minimum atomic E-state index is -4.66. The molecule has 0 aromatic heterocycles. The molecular weight excluding hydrogens is 459 g/mol. The van der Waals surface area contributed by atoms with Crippen LogP contribution in [0.4, 0.5) is 4.39 Å². The molecule has 0 amide bonds. The van der Waals surface area contributed by atoms with Gasteiger partial charge >= 0.3 is 0 Å². The molecule has 0 aliphatic rings. The summed E-state index contributed by atoms with van der Waals surface area (Å²) in [7, 11) is -4.66. The first-order valence-electron chi connectivity index (χ1n) is 15.5. The van der Waals surface area contributed by atoms with Crippen molar-refractivity contribution in [2.75, 3.05) is 0 Å². The lowest BCUT2D eigenvalue weighted by Gasteiger charge is -2.22. The summed E-state index contributed by atoms with van der Waals surface area (Å²) >= 11 is 0. The van der Waals surface area contributed by atoms with Gasteiger partial charge in [0.2, 0.25) is 5.00 Å². The number of hydrogen-bond acceptors (Lipinski definition) is 2. The first kappa shape index (κ1) is 34.8. The van der Waals surface area contributed by atoms with Crippen LogP contribution in [0.25, 0.3) is 0 Å². The summed E-state index contributed by atoms with van der Waals surface area (Å²) in [5.41, 5.74) is 0. The highest BCUT2D eigenvalue weighted by Crippen LogP contribution is 2.32. The molecule has 0 aromatic rings. The van der Waals surface area contributed by atoms with E-state index < -0.39 is 15.1 Å². The molecule has 1 N–H and O–H groups in total. The number of rotatable bonds is 28. The van der Waals surface area contributed by atoms with Gasteiger partial charge in [-0.2, -0.15) is 8.42 Å². The Hall–Kier alpha value is -0.160. The molecule has 0 saturated heterocycles. The lowest BCUT2D eigenvalue weighted by atomic mass is 10.0. The van der Waals surface area contributed by atoms with Crippen LogP contribution < -0.4 is 0 Å². The van der Waals surface area contributed by atoms with Crippen LogP contribution in [0, 0.1) is 0 Å². The lowest BCUT2D eigenvalue weighted by Crippen LogP contribution is -2.33. The molecule has 0 fully saturated rings. The minimum Gasteiger partial charge on any atom is -0.283 e. The van der Waals surface area contributed by atoms with Crippen LogP contribution in [-0.2, 0) is 10.1 Å². The maximum atomic E-state index is 15.1. The van der Waals surface area contributed by atoms with E-state index in [0.717, 1.165) is 38.5 Å². The van der Waals surface area contributed by atoms with Crippen molar-refractivity contribution in [1.82, 2.24) is 0 Å². The second-order valence-corrected chi connectivity index (χ2v) is 12.7. The van der Waals surface area contributed by atoms with Crippen LogP contribution in [0.2, 0.25) is 0 Å². The van der Waals surface area contributed by atoms with Crippen molar-refractivity contribution < 1.29 is 17.4 Å². The van der Waals surface area contributed by atoms with Crippen molar-refractivity contribution in [3.05, 3.63) is 0 Å². The molecule has 0 bridgehead atoms. The highest BCUT2D eigenvalue weighted by Gasteiger charge is 2.42. The fourth-order valence-corrected chi connectivity index (χ4v) is 5.82. The molecule has 3 nitrogen and oxygen atoms in total. The van der Waals surface area contributed by atoms with Gasteiger partial charge < -0.3 is 0 Å². The predicted molar refractivity (Wildman–Crippen MR) is 151 cm³/mol. The average molecular weight is 521 g/mol. The Labute approximate surface area is 219 Å². The molecule has 212 valence electrons. The quantitative estimate of drug-likeness (QED) is 0.0824. The van der Waals surface area contributed by atoms with E-state index in [-0.39, 0.29) is 12.8 Å². The zero-order valence-electron chi connectivity index (χ0n) is 23.6. The van der Waals surface area contributed by atoms with E-state index in [1.165, 1.54) is 109 Å². The standard InChI is InChI=1S/C30H61FO3S/c1-3-5-7-9-11-13-14-15-16-17-18-19-21-23-25-27-29-30(31,35(32,33)34)28-26-24-22-20-12-10-8-6-4-2/h3-29H2,1-2H3,(H,32,33,34). The molecule has 0 aliphatic carbocycles. The number of halogens is 1.